The van der Waals surface area contributed by atoms with E-state index in [1.807, 2.05) is 0 Å². The third-order valence-electron chi connectivity index (χ3n) is 1.24. The minimum absolute atomic E-state index is 0.251. The van der Waals surface area contributed by atoms with Gasteiger partial charge in [0.2, 0.25) is 0 Å². The fourth-order valence-electron chi connectivity index (χ4n) is 0.673. The zero-order valence-corrected chi connectivity index (χ0v) is 11.2. The van der Waals surface area contributed by atoms with E-state index in [9.17, 15) is 12.8 Å². The molecule has 0 heterocycles. The molecule has 0 atom stereocenters. The van der Waals surface area contributed by atoms with E-state index >= 15 is 0 Å². The van der Waals surface area contributed by atoms with E-state index in [0.717, 1.165) is 6.07 Å². The monoisotopic (exact) mass is 398 g/mol. The summed E-state index contributed by atoms with van der Waals surface area (Å²) in [6.45, 7) is 0. The van der Waals surface area contributed by atoms with Crippen molar-refractivity contribution in [1.82, 2.24) is 0 Å². The third-order valence-corrected chi connectivity index (χ3v) is 5.04. The van der Waals surface area contributed by atoms with E-state index in [4.69, 9.17) is 10.7 Å². The average Bonchev–Trinajstić information content (AvgIpc) is 1.97. The van der Waals surface area contributed by atoms with Crippen molar-refractivity contribution in [2.24, 2.45) is 0 Å². The molecule has 1 aromatic carbocycles. The molecule has 0 saturated carbocycles. The average molecular weight is 399 g/mol. The lowest BCUT2D eigenvalue weighted by Gasteiger charge is -2.01. The van der Waals surface area contributed by atoms with E-state index < -0.39 is 14.9 Å². The van der Waals surface area contributed by atoms with Crippen molar-refractivity contribution in [3.63, 3.8) is 0 Å². The Morgan fingerprint density at radius 3 is 2.38 bits per heavy atom. The second kappa shape index (κ2) is 4.00. The number of hydrogen-bond donors (Lipinski definition) is 0. The van der Waals surface area contributed by atoms with Gasteiger partial charge in [0.05, 0.1) is 8.47 Å². The van der Waals surface area contributed by atoms with E-state index in [2.05, 4.69) is 15.9 Å². The largest absolute Gasteiger partial charge is 0.261 e. The molecule has 13 heavy (non-hydrogen) atoms. The Bertz CT molecular complexity index is 425. The van der Waals surface area contributed by atoms with Gasteiger partial charge in [0, 0.05) is 15.2 Å². The molecule has 0 radical (unpaired) electrons. The molecular formula is C6H2BrClFIO2S. The van der Waals surface area contributed by atoms with Crippen LogP contribution in [0.2, 0.25) is 0 Å². The first-order valence-electron chi connectivity index (χ1n) is 2.91. The van der Waals surface area contributed by atoms with Crippen molar-refractivity contribution in [1.29, 1.82) is 0 Å². The maximum absolute atomic E-state index is 13.0. The molecule has 0 fully saturated rings. The summed E-state index contributed by atoms with van der Waals surface area (Å²) < 4.78 is 35.3. The Hall–Kier alpha value is 0.600. The number of halogens is 4. The zero-order chi connectivity index (χ0) is 10.2. The van der Waals surface area contributed by atoms with Crippen LogP contribution in [-0.2, 0) is 9.05 Å². The fraction of sp³-hybridized carbons (Fsp3) is 0. The van der Waals surface area contributed by atoms with Gasteiger partial charge in [0.25, 0.3) is 9.05 Å². The molecule has 0 unspecified atom stereocenters. The van der Waals surface area contributed by atoms with Crippen LogP contribution >= 0.6 is 49.2 Å². The van der Waals surface area contributed by atoms with Gasteiger partial charge in [0.15, 0.2) is 0 Å². The van der Waals surface area contributed by atoms with Crippen molar-refractivity contribution in [2.45, 2.75) is 4.90 Å². The maximum Gasteiger partial charge on any atom is 0.261 e. The van der Waals surface area contributed by atoms with Gasteiger partial charge < -0.3 is 0 Å². The molecule has 1 aromatic rings. The van der Waals surface area contributed by atoms with Crippen LogP contribution < -0.4 is 0 Å². The van der Waals surface area contributed by atoms with Crippen molar-refractivity contribution < 1.29 is 12.8 Å². The summed E-state index contributed by atoms with van der Waals surface area (Å²) in [6, 6.07) is 2.14. The molecule has 0 N–H and O–H groups in total. The molecule has 1 rings (SSSR count). The number of rotatable bonds is 1. The summed E-state index contributed by atoms with van der Waals surface area (Å²) in [5.41, 5.74) is 0. The summed E-state index contributed by atoms with van der Waals surface area (Å²) in [4.78, 5) is -0.251. The van der Waals surface area contributed by atoms with Crippen molar-refractivity contribution in [2.75, 3.05) is 0 Å². The Morgan fingerprint density at radius 1 is 1.46 bits per heavy atom. The fourth-order valence-corrected chi connectivity index (χ4v) is 2.34. The second-order valence-electron chi connectivity index (χ2n) is 2.14. The Morgan fingerprint density at radius 2 is 2.00 bits per heavy atom. The predicted molar refractivity (Wildman–Crippen MR) is 59.9 cm³/mol. The van der Waals surface area contributed by atoms with Crippen molar-refractivity contribution in [3.8, 4) is 0 Å². The van der Waals surface area contributed by atoms with Crippen LogP contribution in [0.25, 0.3) is 0 Å². The van der Waals surface area contributed by atoms with Crippen molar-refractivity contribution in [3.05, 3.63) is 26.0 Å². The van der Waals surface area contributed by atoms with Crippen LogP contribution in [0.1, 0.15) is 0 Å². The first-order chi connectivity index (χ1) is 5.82. The lowest BCUT2D eigenvalue weighted by molar-refractivity contribution is 0.599. The summed E-state index contributed by atoms with van der Waals surface area (Å²) in [6.07, 6.45) is 0. The van der Waals surface area contributed by atoms with E-state index in [0.29, 0.717) is 8.04 Å². The Labute approximate surface area is 101 Å². The van der Waals surface area contributed by atoms with Crippen molar-refractivity contribution >= 4 is 58.3 Å². The molecule has 0 aliphatic carbocycles. The highest BCUT2D eigenvalue weighted by molar-refractivity contribution is 14.1. The summed E-state index contributed by atoms with van der Waals surface area (Å²) in [5.74, 6) is -0.616. The van der Waals surface area contributed by atoms with E-state index in [-0.39, 0.29) is 4.90 Å². The molecule has 0 amide bonds. The van der Waals surface area contributed by atoms with Gasteiger partial charge in [-0.1, -0.05) is 0 Å². The first-order valence-corrected chi connectivity index (χ1v) is 7.09. The molecule has 7 heteroatoms. The smallest absolute Gasteiger partial charge is 0.207 e. The van der Waals surface area contributed by atoms with Crippen LogP contribution in [0.5, 0.6) is 0 Å². The molecular weight excluding hydrogens is 397 g/mol. The Balaban J connectivity index is 3.47. The molecule has 0 aromatic heterocycles. The zero-order valence-electron chi connectivity index (χ0n) is 5.89. The number of benzene rings is 1. The minimum atomic E-state index is -3.87. The van der Waals surface area contributed by atoms with Gasteiger partial charge in [0.1, 0.15) is 5.82 Å². The molecule has 2 nitrogen and oxygen atoms in total. The lowest BCUT2D eigenvalue weighted by Crippen LogP contribution is -1.94. The maximum atomic E-state index is 13.0. The van der Waals surface area contributed by atoms with Crippen LogP contribution in [0.15, 0.2) is 21.5 Å². The highest BCUT2D eigenvalue weighted by Gasteiger charge is 2.14. The van der Waals surface area contributed by atoms with Gasteiger partial charge >= 0.3 is 0 Å². The topological polar surface area (TPSA) is 34.1 Å². The predicted octanol–water partition coefficient (Wildman–Crippen LogP) is 3.12. The van der Waals surface area contributed by atoms with Gasteiger partial charge in [-0.3, -0.25) is 0 Å². The highest BCUT2D eigenvalue weighted by Crippen LogP contribution is 2.27. The standard InChI is InChI=1S/C6H2BrClFIO2S/c7-4-1-3(13(8,11)12)2-5(9)6(4)10/h1-2H. The summed E-state index contributed by atoms with van der Waals surface area (Å²) >= 11 is 4.77. The molecule has 0 saturated heterocycles. The Kier molecular flexibility index (Phi) is 3.59. The molecule has 0 aliphatic heterocycles. The first kappa shape index (κ1) is 11.7. The minimum Gasteiger partial charge on any atom is -0.207 e. The second-order valence-corrected chi connectivity index (χ2v) is 6.64. The van der Waals surface area contributed by atoms with E-state index in [1.54, 1.807) is 22.6 Å². The van der Waals surface area contributed by atoms with Crippen LogP contribution in [0.3, 0.4) is 0 Å². The van der Waals surface area contributed by atoms with Gasteiger partial charge in [-0.2, -0.15) is 0 Å². The van der Waals surface area contributed by atoms with Crippen LogP contribution in [0, 0.1) is 9.39 Å². The summed E-state index contributed by atoms with van der Waals surface area (Å²) in [7, 11) is 1.17. The summed E-state index contributed by atoms with van der Waals surface area (Å²) in [5, 5.41) is 0. The van der Waals surface area contributed by atoms with Gasteiger partial charge in [-0.15, -0.1) is 0 Å². The van der Waals surface area contributed by atoms with E-state index in [1.165, 1.54) is 6.07 Å². The van der Waals surface area contributed by atoms with Gasteiger partial charge in [-0.25, -0.2) is 12.8 Å². The normalized spacial score (nSPS) is 11.7. The van der Waals surface area contributed by atoms with Gasteiger partial charge in [-0.05, 0) is 50.7 Å². The highest BCUT2D eigenvalue weighted by atomic mass is 127. The quantitative estimate of drug-likeness (QED) is 0.413. The van der Waals surface area contributed by atoms with Crippen LogP contribution in [0.4, 0.5) is 4.39 Å². The SMILES string of the molecule is O=S(=O)(Cl)c1cc(F)c(I)c(Br)c1. The molecule has 0 spiro atoms. The molecule has 0 aliphatic rings. The molecule has 72 valence electrons. The number of hydrogen-bond acceptors (Lipinski definition) is 2. The molecule has 0 bridgehead atoms. The third kappa shape index (κ3) is 2.77. The lowest BCUT2D eigenvalue weighted by atomic mass is 10.3. The van der Waals surface area contributed by atoms with Crippen LogP contribution in [-0.4, -0.2) is 8.42 Å².